The lowest BCUT2D eigenvalue weighted by atomic mass is 9.92. The molecule has 0 fully saturated rings. The predicted molar refractivity (Wildman–Crippen MR) is 556 cm³/mol. The number of rotatable bonds is 108. The Kier molecular flexibility index (Phi) is 98.9. The van der Waals surface area contributed by atoms with Crippen molar-refractivity contribution in [3.63, 3.8) is 0 Å². The zero-order chi connectivity index (χ0) is 97.0. The van der Waals surface area contributed by atoms with Crippen LogP contribution in [0.2, 0.25) is 0 Å². The zero-order valence-electron chi connectivity index (χ0n) is 89.2. The summed E-state index contributed by atoms with van der Waals surface area (Å²) >= 11 is 0. The van der Waals surface area contributed by atoms with E-state index in [9.17, 15) is 38.4 Å². The molecule has 0 aromatic carbocycles. The molecule has 0 spiro atoms. The Hall–Kier alpha value is -4.24. The summed E-state index contributed by atoms with van der Waals surface area (Å²) in [5.74, 6) is -1.99. The molecular formula is C117H220O16. The summed E-state index contributed by atoms with van der Waals surface area (Å²) < 4.78 is 49.3. The first-order valence-corrected chi connectivity index (χ1v) is 58.5. The van der Waals surface area contributed by atoms with Crippen molar-refractivity contribution in [2.75, 3.05) is 26.4 Å². The second kappa shape index (κ2) is 102. The number of carbonyl (C=O) groups excluding carboxylic acids is 8. The lowest BCUT2D eigenvalue weighted by Crippen LogP contribution is -2.44. The van der Waals surface area contributed by atoms with Crippen molar-refractivity contribution in [3.05, 3.63) is 0 Å². The van der Waals surface area contributed by atoms with E-state index in [0.717, 1.165) is 257 Å². The van der Waals surface area contributed by atoms with Crippen molar-refractivity contribution in [1.29, 1.82) is 0 Å². The fraction of sp³-hybridized carbons (Fsp3) is 0.932. The summed E-state index contributed by atoms with van der Waals surface area (Å²) in [5.41, 5.74) is -1.39. The van der Waals surface area contributed by atoms with E-state index in [4.69, 9.17) is 37.9 Å². The molecule has 0 aliphatic rings. The molecule has 16 heteroatoms. The molecule has 0 aromatic rings. The topological polar surface area (TPSA) is 210 Å². The minimum absolute atomic E-state index is 0.0663. The van der Waals surface area contributed by atoms with Crippen LogP contribution in [0.1, 0.15) is 646 Å². The second-order valence-electron chi connectivity index (χ2n) is 40.9. The first kappa shape index (κ1) is 129. The highest BCUT2D eigenvalue weighted by Crippen LogP contribution is 2.29. The zero-order valence-corrected chi connectivity index (χ0v) is 89.2. The third-order valence-corrected chi connectivity index (χ3v) is 27.4. The van der Waals surface area contributed by atoms with Crippen molar-refractivity contribution >= 4 is 47.8 Å². The highest BCUT2D eigenvalue weighted by atomic mass is 16.6. The van der Waals surface area contributed by atoms with Gasteiger partial charge in [0.25, 0.3) is 0 Å². The van der Waals surface area contributed by atoms with E-state index in [-0.39, 0.29) is 100 Å². The third-order valence-electron chi connectivity index (χ3n) is 27.4. The van der Waals surface area contributed by atoms with Gasteiger partial charge < -0.3 is 37.9 Å². The Morgan fingerprint density at radius 1 is 0.143 bits per heavy atom. The summed E-state index contributed by atoms with van der Waals surface area (Å²) in [6, 6.07) is 0. The highest BCUT2D eigenvalue weighted by Gasteiger charge is 2.38. The Morgan fingerprint density at radius 3 is 0.376 bits per heavy atom. The molecule has 0 radical (unpaired) electrons. The first-order chi connectivity index (χ1) is 65.1. The summed E-state index contributed by atoms with van der Waals surface area (Å²) in [6.45, 7) is 16.7. The number of carbonyl (C=O) groups is 8. The van der Waals surface area contributed by atoms with Gasteiger partial charge in [-0.3, -0.25) is 38.4 Å². The van der Waals surface area contributed by atoms with E-state index in [1.54, 1.807) is 0 Å². The van der Waals surface area contributed by atoms with Crippen LogP contribution in [-0.4, -0.2) is 98.6 Å². The van der Waals surface area contributed by atoms with Crippen LogP contribution in [0.25, 0.3) is 0 Å². The standard InChI is InChI=1S/C117H220O16/c1-9-17-25-33-41-53-69-85-105(130-113(122)97-81-61-45-37-29-21-13-5)89-73-57-49-65-77-93-109(118)126-101-117(102-127-110(119)94-78-66-50-58-74-90-106(86-70-54-42-34-26-18-10-2)131-114(123)98-82-62-46-38-30-22-14-6,103-128-111(120)95-79-67-51-59-75-91-107(87-71-55-43-35-27-19-11-3)132-115(124)99-83-63-47-39-31-23-15-7)104-129-112(121)96-80-68-52-60-76-92-108(88-72-56-44-36-28-20-12-4)133-116(125)100-84-64-48-40-32-24-16-8/h105-108H,9-104H2,1-8H3. The van der Waals surface area contributed by atoms with E-state index >= 15 is 0 Å². The van der Waals surface area contributed by atoms with Gasteiger partial charge in [-0.05, 0) is 154 Å². The van der Waals surface area contributed by atoms with Gasteiger partial charge in [-0.25, -0.2) is 0 Å². The smallest absolute Gasteiger partial charge is 0.306 e. The largest absolute Gasteiger partial charge is 0.465 e. The van der Waals surface area contributed by atoms with E-state index in [1.807, 2.05) is 0 Å². The maximum Gasteiger partial charge on any atom is 0.306 e. The first-order valence-electron chi connectivity index (χ1n) is 58.5. The van der Waals surface area contributed by atoms with E-state index in [2.05, 4.69) is 55.4 Å². The van der Waals surface area contributed by atoms with Crippen LogP contribution in [-0.2, 0) is 76.3 Å². The molecule has 0 N–H and O–H groups in total. The fourth-order valence-corrected chi connectivity index (χ4v) is 18.4. The van der Waals surface area contributed by atoms with Crippen molar-refractivity contribution in [3.8, 4) is 0 Å². The summed E-state index contributed by atoms with van der Waals surface area (Å²) in [4.78, 5) is 109. The molecule has 16 nitrogen and oxygen atoms in total. The van der Waals surface area contributed by atoms with Gasteiger partial charge in [0.15, 0.2) is 0 Å². The van der Waals surface area contributed by atoms with E-state index in [0.29, 0.717) is 51.4 Å². The van der Waals surface area contributed by atoms with Crippen molar-refractivity contribution in [2.45, 2.75) is 671 Å². The van der Waals surface area contributed by atoms with Crippen LogP contribution < -0.4 is 0 Å². The van der Waals surface area contributed by atoms with Gasteiger partial charge >= 0.3 is 47.8 Å². The molecule has 0 heterocycles. The molecule has 0 aliphatic carbocycles. The molecule has 4 atom stereocenters. The van der Waals surface area contributed by atoms with Crippen LogP contribution in [0.5, 0.6) is 0 Å². The van der Waals surface area contributed by atoms with E-state index in [1.165, 1.54) is 257 Å². The number of ether oxygens (including phenoxy) is 8. The van der Waals surface area contributed by atoms with Gasteiger partial charge in [0.2, 0.25) is 0 Å². The molecular weight excluding hydrogens is 1660 g/mol. The normalized spacial score (nSPS) is 12.9. The SMILES string of the molecule is CCCCCCCCCC(=O)OC(CCCCCCCCC)CCCCCCCC(=O)OCC(COC(=O)CCCCCCCC(CCCCCCCCC)OC(=O)CCCCCCCCC)(COC(=O)CCCCCCCC(CCCCCCCCC)OC(=O)CCCCCCCCC)COC(=O)CCCCCCCC(CCCCCCCCC)OC(=O)CCCCCCCCC. The van der Waals surface area contributed by atoms with Gasteiger partial charge in [-0.2, -0.15) is 0 Å². The molecule has 0 bridgehead atoms. The monoisotopic (exact) mass is 1880 g/mol. The summed E-state index contributed by atoms with van der Waals surface area (Å²) in [5, 5.41) is 0. The summed E-state index contributed by atoms with van der Waals surface area (Å²) in [6.07, 6.45) is 92.4. The Balaban J connectivity index is 6.76. The van der Waals surface area contributed by atoms with Crippen molar-refractivity contribution in [1.82, 2.24) is 0 Å². The molecule has 0 aromatic heterocycles. The molecule has 133 heavy (non-hydrogen) atoms. The van der Waals surface area contributed by atoms with Gasteiger partial charge in [0.05, 0.1) is 0 Å². The van der Waals surface area contributed by atoms with Gasteiger partial charge in [-0.1, -0.05) is 441 Å². The van der Waals surface area contributed by atoms with Crippen LogP contribution in [0, 0.1) is 5.41 Å². The number of hydrogen-bond donors (Lipinski definition) is 0. The maximum atomic E-state index is 14.0. The second-order valence-corrected chi connectivity index (χ2v) is 40.9. The maximum absolute atomic E-state index is 14.0. The van der Waals surface area contributed by atoms with Crippen LogP contribution in [0.4, 0.5) is 0 Å². The van der Waals surface area contributed by atoms with Crippen molar-refractivity contribution < 1.29 is 76.3 Å². The van der Waals surface area contributed by atoms with Gasteiger partial charge in [-0.15, -0.1) is 0 Å². The molecule has 0 aliphatic heterocycles. The van der Waals surface area contributed by atoms with Crippen LogP contribution in [0.3, 0.4) is 0 Å². The average Bonchev–Trinajstić information content (AvgIpc) is 0.850. The highest BCUT2D eigenvalue weighted by molar-refractivity contribution is 5.72. The summed E-state index contributed by atoms with van der Waals surface area (Å²) in [7, 11) is 0. The molecule has 0 amide bonds. The minimum Gasteiger partial charge on any atom is -0.465 e. The lowest BCUT2D eigenvalue weighted by molar-refractivity contribution is -0.171. The van der Waals surface area contributed by atoms with Crippen molar-refractivity contribution in [2.24, 2.45) is 5.41 Å². The Morgan fingerprint density at radius 2 is 0.248 bits per heavy atom. The van der Waals surface area contributed by atoms with Crippen LogP contribution in [0.15, 0.2) is 0 Å². The molecule has 784 valence electrons. The molecule has 0 saturated carbocycles. The van der Waals surface area contributed by atoms with Crippen LogP contribution >= 0.6 is 0 Å². The van der Waals surface area contributed by atoms with E-state index < -0.39 is 29.3 Å². The van der Waals surface area contributed by atoms with Gasteiger partial charge in [0, 0.05) is 51.4 Å². The fourth-order valence-electron chi connectivity index (χ4n) is 18.4. The quantitative estimate of drug-likeness (QED) is 0.0315. The van der Waals surface area contributed by atoms with Gasteiger partial charge in [0.1, 0.15) is 56.3 Å². The lowest BCUT2D eigenvalue weighted by Gasteiger charge is -2.31. The number of unbranched alkanes of at least 4 members (excludes halogenated alkanes) is 64. The molecule has 0 saturated heterocycles. The Labute approximate surface area is 821 Å². The number of esters is 8. The minimum atomic E-state index is -1.39. The third kappa shape index (κ3) is 92.5. The Bertz CT molecular complexity index is 2210. The molecule has 0 rings (SSSR count). The number of hydrogen-bond acceptors (Lipinski definition) is 16. The predicted octanol–water partition coefficient (Wildman–Crippen LogP) is 35.8. The molecule has 4 unspecified atom stereocenters. The average molecular weight is 1880 g/mol.